The van der Waals surface area contributed by atoms with E-state index in [1.807, 2.05) is 86.6 Å². The number of benzene rings is 3. The number of hydrogen-bond donors (Lipinski definition) is 2. The fourth-order valence-electron chi connectivity index (χ4n) is 4.38. The summed E-state index contributed by atoms with van der Waals surface area (Å²) in [5.41, 5.74) is 5.02. The van der Waals surface area contributed by atoms with Crippen molar-refractivity contribution in [1.82, 2.24) is 14.8 Å². The number of anilines is 2. The topological polar surface area (TPSA) is 81.1 Å². The normalized spacial score (nSPS) is 14.5. The van der Waals surface area contributed by atoms with Crippen LogP contribution in [-0.4, -0.2) is 26.4 Å². The zero-order valence-electron chi connectivity index (χ0n) is 22.1. The molecule has 0 aliphatic carbocycles. The molecule has 2 N–H and O–H groups in total. The monoisotopic (exact) mass is 559 g/mol. The van der Waals surface area contributed by atoms with Crippen LogP contribution >= 0.6 is 23.4 Å². The average Bonchev–Trinajstić information content (AvgIpc) is 3.34. The highest BCUT2D eigenvalue weighted by Gasteiger charge is 2.34. The molecular formula is C30H30ClN5O2S. The van der Waals surface area contributed by atoms with E-state index in [2.05, 4.69) is 17.6 Å². The van der Waals surface area contributed by atoms with Crippen molar-refractivity contribution in [3.63, 3.8) is 0 Å². The molecule has 3 aromatic carbocycles. The molecule has 1 amide bonds. The number of carbonyl (C=O) groups is 1. The number of aryl methyl sites for hydroxylation is 1. The number of nitrogens with one attached hydrogen (secondary N) is 2. The number of carbonyl (C=O) groups excluding carboxylic acids is 1. The predicted octanol–water partition coefficient (Wildman–Crippen LogP) is 7.25. The number of nitrogens with zero attached hydrogens (tertiary/aromatic N) is 3. The number of hydrogen-bond acceptors (Lipinski definition) is 6. The summed E-state index contributed by atoms with van der Waals surface area (Å²) in [5.74, 6) is 2.08. The van der Waals surface area contributed by atoms with Gasteiger partial charge in [-0.05, 0) is 67.3 Å². The van der Waals surface area contributed by atoms with Gasteiger partial charge in [0.2, 0.25) is 11.1 Å². The van der Waals surface area contributed by atoms with E-state index in [1.54, 1.807) is 16.4 Å². The van der Waals surface area contributed by atoms with Crippen molar-refractivity contribution in [3.05, 3.63) is 106 Å². The lowest BCUT2D eigenvalue weighted by Crippen LogP contribution is -2.31. The second-order valence-corrected chi connectivity index (χ2v) is 10.8. The summed E-state index contributed by atoms with van der Waals surface area (Å²) in [5, 5.41) is 12.6. The molecule has 200 valence electrons. The van der Waals surface area contributed by atoms with Crippen molar-refractivity contribution in [2.45, 2.75) is 45.0 Å². The Kier molecular flexibility index (Phi) is 8.24. The molecule has 1 aliphatic heterocycles. The van der Waals surface area contributed by atoms with E-state index in [0.717, 1.165) is 46.0 Å². The van der Waals surface area contributed by atoms with Crippen molar-refractivity contribution < 1.29 is 9.53 Å². The Morgan fingerprint density at radius 2 is 1.82 bits per heavy atom. The zero-order valence-corrected chi connectivity index (χ0v) is 23.6. The van der Waals surface area contributed by atoms with Crippen LogP contribution in [0.5, 0.6) is 5.75 Å². The highest BCUT2D eigenvalue weighted by Crippen LogP contribution is 2.37. The molecule has 4 aromatic rings. The van der Waals surface area contributed by atoms with Gasteiger partial charge in [0, 0.05) is 22.2 Å². The minimum absolute atomic E-state index is 0.189. The summed E-state index contributed by atoms with van der Waals surface area (Å²) in [6, 6.07) is 22.7. The van der Waals surface area contributed by atoms with E-state index in [0.29, 0.717) is 28.3 Å². The Hall–Kier alpha value is -3.75. The molecule has 0 radical (unpaired) electrons. The number of rotatable bonds is 9. The molecule has 0 saturated carbocycles. The summed E-state index contributed by atoms with van der Waals surface area (Å²) in [7, 11) is 0. The van der Waals surface area contributed by atoms with Crippen LogP contribution in [0, 0.1) is 6.92 Å². The summed E-state index contributed by atoms with van der Waals surface area (Å²) < 4.78 is 7.80. The number of thioether (sulfide) groups is 1. The Balaban J connectivity index is 1.45. The first kappa shape index (κ1) is 26.8. The molecule has 1 unspecified atom stereocenters. The lowest BCUT2D eigenvalue weighted by molar-refractivity contribution is -0.113. The van der Waals surface area contributed by atoms with Crippen molar-refractivity contribution in [2.75, 3.05) is 16.4 Å². The van der Waals surface area contributed by atoms with Crippen molar-refractivity contribution in [2.24, 2.45) is 0 Å². The van der Waals surface area contributed by atoms with Gasteiger partial charge in [-0.3, -0.25) is 4.79 Å². The number of para-hydroxylation sites is 1. The van der Waals surface area contributed by atoms with Gasteiger partial charge >= 0.3 is 0 Å². The second kappa shape index (κ2) is 12.0. The summed E-state index contributed by atoms with van der Waals surface area (Å²) in [6.45, 7) is 6.43. The van der Waals surface area contributed by atoms with E-state index < -0.39 is 6.04 Å². The second-order valence-electron chi connectivity index (χ2n) is 9.33. The SMILES string of the molecule is CCCSc1nc2n(n1)C(c1ccc(OCc3ccc(Cl)cc3)cc1)C(C(=O)Nc1ccccc1C)=C(C)N2. The number of ether oxygens (including phenoxy) is 1. The van der Waals surface area contributed by atoms with Crippen molar-refractivity contribution >= 4 is 40.9 Å². The molecular weight excluding hydrogens is 530 g/mol. The summed E-state index contributed by atoms with van der Waals surface area (Å²) in [6.07, 6.45) is 1.02. The molecule has 0 bridgehead atoms. The van der Waals surface area contributed by atoms with Gasteiger partial charge in [0.15, 0.2) is 0 Å². The molecule has 2 heterocycles. The van der Waals surface area contributed by atoms with Gasteiger partial charge in [-0.2, -0.15) is 4.98 Å². The Labute approximate surface area is 237 Å². The van der Waals surface area contributed by atoms with Crippen molar-refractivity contribution in [3.8, 4) is 5.75 Å². The van der Waals surface area contributed by atoms with Gasteiger partial charge in [0.1, 0.15) is 18.4 Å². The number of allylic oxidation sites excluding steroid dienone is 1. The number of fused-ring (bicyclic) bond motifs is 1. The smallest absolute Gasteiger partial charge is 0.255 e. The summed E-state index contributed by atoms with van der Waals surface area (Å²) in [4.78, 5) is 18.4. The van der Waals surface area contributed by atoms with Crippen LogP contribution in [0.3, 0.4) is 0 Å². The number of halogens is 1. The fraction of sp³-hybridized carbons (Fsp3) is 0.233. The van der Waals surface area contributed by atoms with Crippen LogP contribution in [0.4, 0.5) is 11.6 Å². The molecule has 5 rings (SSSR count). The van der Waals surface area contributed by atoms with Crippen LogP contribution < -0.4 is 15.4 Å². The third-order valence-corrected chi connectivity index (χ3v) is 7.72. The van der Waals surface area contributed by atoms with E-state index in [4.69, 9.17) is 26.4 Å². The van der Waals surface area contributed by atoms with Crippen molar-refractivity contribution in [1.29, 1.82) is 0 Å². The first-order chi connectivity index (χ1) is 18.9. The van der Waals surface area contributed by atoms with Gasteiger partial charge in [-0.1, -0.05) is 72.8 Å². The van der Waals surface area contributed by atoms with E-state index in [9.17, 15) is 4.79 Å². The average molecular weight is 560 g/mol. The molecule has 9 heteroatoms. The van der Waals surface area contributed by atoms with E-state index >= 15 is 0 Å². The lowest BCUT2D eigenvalue weighted by atomic mass is 9.95. The minimum atomic E-state index is -0.459. The molecule has 1 aliphatic rings. The predicted molar refractivity (Wildman–Crippen MR) is 158 cm³/mol. The highest BCUT2D eigenvalue weighted by molar-refractivity contribution is 7.99. The maximum absolute atomic E-state index is 13.7. The maximum atomic E-state index is 13.7. The first-order valence-electron chi connectivity index (χ1n) is 12.8. The lowest BCUT2D eigenvalue weighted by Gasteiger charge is -2.29. The minimum Gasteiger partial charge on any atom is -0.489 e. The highest BCUT2D eigenvalue weighted by atomic mass is 35.5. The van der Waals surface area contributed by atoms with Crippen LogP contribution in [0.1, 0.15) is 43.0 Å². The molecule has 1 atom stereocenters. The van der Waals surface area contributed by atoms with Gasteiger partial charge < -0.3 is 15.4 Å². The fourth-order valence-corrected chi connectivity index (χ4v) is 5.19. The van der Waals surface area contributed by atoms with Gasteiger partial charge in [-0.25, -0.2) is 4.68 Å². The quantitative estimate of drug-likeness (QED) is 0.210. The Morgan fingerprint density at radius 3 is 2.54 bits per heavy atom. The molecule has 39 heavy (non-hydrogen) atoms. The largest absolute Gasteiger partial charge is 0.489 e. The number of amides is 1. The van der Waals surface area contributed by atoms with Crippen LogP contribution in [-0.2, 0) is 11.4 Å². The molecule has 0 fully saturated rings. The first-order valence-corrected chi connectivity index (χ1v) is 14.2. The number of aromatic nitrogens is 3. The Morgan fingerprint density at radius 1 is 1.08 bits per heavy atom. The van der Waals surface area contributed by atoms with Gasteiger partial charge in [0.25, 0.3) is 5.91 Å². The van der Waals surface area contributed by atoms with Gasteiger partial charge in [0.05, 0.1) is 5.57 Å². The third-order valence-electron chi connectivity index (χ3n) is 6.42. The van der Waals surface area contributed by atoms with Crippen LogP contribution in [0.15, 0.2) is 89.2 Å². The van der Waals surface area contributed by atoms with E-state index in [-0.39, 0.29) is 5.91 Å². The Bertz CT molecular complexity index is 1500. The standard InChI is InChI=1S/C30H30ClN5O2S/c1-4-17-39-30-34-29-32-20(3)26(28(37)33-25-8-6-5-7-19(25)2)27(36(29)35-30)22-11-15-24(16-12-22)38-18-21-9-13-23(31)14-10-21/h5-16,27H,4,17-18H2,1-3H3,(H,33,37)(H,32,34,35). The molecule has 7 nitrogen and oxygen atoms in total. The third kappa shape index (κ3) is 6.13. The molecule has 1 aromatic heterocycles. The van der Waals surface area contributed by atoms with Crippen LogP contribution in [0.25, 0.3) is 0 Å². The maximum Gasteiger partial charge on any atom is 0.255 e. The van der Waals surface area contributed by atoms with E-state index in [1.165, 1.54) is 0 Å². The molecule has 0 saturated heterocycles. The van der Waals surface area contributed by atoms with Crippen LogP contribution in [0.2, 0.25) is 5.02 Å². The zero-order chi connectivity index (χ0) is 27.4. The molecule has 0 spiro atoms. The van der Waals surface area contributed by atoms with Gasteiger partial charge in [-0.15, -0.1) is 5.10 Å². The summed E-state index contributed by atoms with van der Waals surface area (Å²) >= 11 is 7.59.